The van der Waals surface area contributed by atoms with Crippen LogP contribution < -0.4 is 11.5 Å². The van der Waals surface area contributed by atoms with Gasteiger partial charge >= 0.3 is 0 Å². The normalized spacial score (nSPS) is 12.5. The van der Waals surface area contributed by atoms with Crippen LogP contribution >= 0.6 is 15.9 Å². The predicted molar refractivity (Wildman–Crippen MR) is 50.2 cm³/mol. The minimum Gasteiger partial charge on any atom is -0.368 e. The van der Waals surface area contributed by atoms with Crippen molar-refractivity contribution >= 4 is 21.8 Å². The molecule has 1 aromatic rings. The molecule has 0 aromatic heterocycles. The Morgan fingerprint density at radius 2 is 2.15 bits per heavy atom. The number of carbonyl (C=O) groups is 1. The summed E-state index contributed by atoms with van der Waals surface area (Å²) >= 11 is 2.98. The van der Waals surface area contributed by atoms with Gasteiger partial charge in [-0.2, -0.15) is 0 Å². The summed E-state index contributed by atoms with van der Waals surface area (Å²) in [6, 6.07) is 3.25. The smallest absolute Gasteiger partial charge is 0.238 e. The second-order valence-electron chi connectivity index (χ2n) is 2.55. The number of halogens is 2. The first-order chi connectivity index (χ1) is 6.02. The quantitative estimate of drug-likeness (QED) is 0.820. The Morgan fingerprint density at radius 3 is 2.62 bits per heavy atom. The highest BCUT2D eigenvalue weighted by Gasteiger charge is 2.13. The third-order valence-electron chi connectivity index (χ3n) is 1.61. The van der Waals surface area contributed by atoms with Gasteiger partial charge in [0.05, 0.1) is 4.47 Å². The summed E-state index contributed by atoms with van der Waals surface area (Å²) in [6.07, 6.45) is 0. The van der Waals surface area contributed by atoms with Crippen LogP contribution in [0.5, 0.6) is 0 Å². The largest absolute Gasteiger partial charge is 0.368 e. The second-order valence-corrected chi connectivity index (χ2v) is 3.41. The number of benzene rings is 1. The minimum absolute atomic E-state index is 0.327. The van der Waals surface area contributed by atoms with Gasteiger partial charge in [-0.1, -0.05) is 6.07 Å². The Balaban J connectivity index is 3.03. The molecule has 0 radical (unpaired) electrons. The van der Waals surface area contributed by atoms with Crippen molar-refractivity contribution in [2.45, 2.75) is 6.04 Å². The van der Waals surface area contributed by atoms with Gasteiger partial charge in [0.25, 0.3) is 0 Å². The van der Waals surface area contributed by atoms with E-state index in [0.29, 0.717) is 10.0 Å². The lowest BCUT2D eigenvalue weighted by Crippen LogP contribution is -2.28. The number of hydrogen-bond acceptors (Lipinski definition) is 2. The molecule has 0 heterocycles. The molecule has 0 aliphatic rings. The number of hydrogen-bond donors (Lipinski definition) is 2. The third-order valence-corrected chi connectivity index (χ3v) is 2.25. The van der Waals surface area contributed by atoms with Gasteiger partial charge in [0.2, 0.25) is 5.91 Å². The van der Waals surface area contributed by atoms with Crippen molar-refractivity contribution in [1.29, 1.82) is 0 Å². The first kappa shape index (κ1) is 10.1. The van der Waals surface area contributed by atoms with Crippen LogP contribution in [0.2, 0.25) is 0 Å². The highest BCUT2D eigenvalue weighted by Crippen LogP contribution is 2.19. The maximum atomic E-state index is 12.9. The van der Waals surface area contributed by atoms with E-state index in [1.807, 2.05) is 0 Å². The molecule has 0 aliphatic carbocycles. The van der Waals surface area contributed by atoms with Gasteiger partial charge in [-0.15, -0.1) is 0 Å². The van der Waals surface area contributed by atoms with Crippen molar-refractivity contribution < 1.29 is 9.18 Å². The molecule has 1 atom stereocenters. The molecule has 0 saturated carbocycles. The lowest BCUT2D eigenvalue weighted by atomic mass is 10.1. The molecular formula is C8H8BrFN2O. The van der Waals surface area contributed by atoms with Crippen molar-refractivity contribution in [3.05, 3.63) is 34.1 Å². The van der Waals surface area contributed by atoms with Gasteiger partial charge in [0.15, 0.2) is 0 Å². The molecule has 1 aromatic carbocycles. The summed E-state index contributed by atoms with van der Waals surface area (Å²) in [5.74, 6) is -1.14. The van der Waals surface area contributed by atoms with E-state index in [9.17, 15) is 9.18 Å². The molecule has 0 bridgehead atoms. The molecule has 13 heavy (non-hydrogen) atoms. The van der Waals surface area contributed by atoms with Gasteiger partial charge in [-0.3, -0.25) is 4.79 Å². The Hall–Kier alpha value is -0.940. The standard InChI is InChI=1S/C8H8BrFN2O/c9-5-2-1-4(3-6(5)10)7(11)8(12)13/h1-3,7H,11H2,(H2,12,13). The average molecular weight is 247 g/mol. The second kappa shape index (κ2) is 3.85. The van der Waals surface area contributed by atoms with Crippen molar-refractivity contribution in [3.63, 3.8) is 0 Å². The molecule has 4 N–H and O–H groups in total. The number of amides is 1. The van der Waals surface area contributed by atoms with Crippen molar-refractivity contribution in [2.75, 3.05) is 0 Å². The molecule has 5 heteroatoms. The monoisotopic (exact) mass is 246 g/mol. The van der Waals surface area contributed by atoms with Gasteiger partial charge < -0.3 is 11.5 Å². The van der Waals surface area contributed by atoms with E-state index < -0.39 is 17.8 Å². The van der Waals surface area contributed by atoms with Crippen LogP contribution in [0, 0.1) is 5.82 Å². The van der Waals surface area contributed by atoms with Gasteiger partial charge in [-0.05, 0) is 33.6 Å². The van der Waals surface area contributed by atoms with E-state index in [-0.39, 0.29) is 0 Å². The molecule has 1 amide bonds. The van der Waals surface area contributed by atoms with Gasteiger partial charge in [-0.25, -0.2) is 4.39 Å². The zero-order valence-electron chi connectivity index (χ0n) is 6.63. The van der Waals surface area contributed by atoms with Gasteiger partial charge in [0.1, 0.15) is 11.9 Å². The number of primary amides is 1. The molecule has 0 spiro atoms. The first-order valence-electron chi connectivity index (χ1n) is 3.52. The van der Waals surface area contributed by atoms with Crippen molar-refractivity contribution in [3.8, 4) is 0 Å². The topological polar surface area (TPSA) is 69.1 Å². The van der Waals surface area contributed by atoms with E-state index >= 15 is 0 Å². The minimum atomic E-state index is -0.956. The maximum absolute atomic E-state index is 12.9. The van der Waals surface area contributed by atoms with E-state index in [2.05, 4.69) is 15.9 Å². The molecule has 3 nitrogen and oxygen atoms in total. The van der Waals surface area contributed by atoms with Crippen LogP contribution in [0.15, 0.2) is 22.7 Å². The Kier molecular flexibility index (Phi) is 3.00. The van der Waals surface area contributed by atoms with Crippen LogP contribution in [0.25, 0.3) is 0 Å². The maximum Gasteiger partial charge on any atom is 0.238 e. The van der Waals surface area contributed by atoms with Crippen LogP contribution in [-0.4, -0.2) is 5.91 Å². The van der Waals surface area contributed by atoms with Crippen LogP contribution in [0.3, 0.4) is 0 Å². The van der Waals surface area contributed by atoms with E-state index in [1.165, 1.54) is 12.1 Å². The average Bonchev–Trinajstić information content (AvgIpc) is 2.08. The molecule has 0 aliphatic heterocycles. The highest BCUT2D eigenvalue weighted by atomic mass is 79.9. The zero-order valence-corrected chi connectivity index (χ0v) is 8.21. The fourth-order valence-corrected chi connectivity index (χ4v) is 1.12. The fourth-order valence-electron chi connectivity index (χ4n) is 0.870. The summed E-state index contributed by atoms with van der Waals surface area (Å²) in [4.78, 5) is 10.7. The molecule has 1 rings (SSSR count). The van der Waals surface area contributed by atoms with Gasteiger partial charge in [0, 0.05) is 0 Å². The summed E-state index contributed by atoms with van der Waals surface area (Å²) in [6.45, 7) is 0. The van der Waals surface area contributed by atoms with Crippen LogP contribution in [0.1, 0.15) is 11.6 Å². The Morgan fingerprint density at radius 1 is 1.54 bits per heavy atom. The van der Waals surface area contributed by atoms with Crippen LogP contribution in [0.4, 0.5) is 4.39 Å². The third kappa shape index (κ3) is 2.26. The summed E-state index contributed by atoms with van der Waals surface area (Å²) in [5.41, 5.74) is 10.7. The van der Waals surface area contributed by atoms with E-state index in [4.69, 9.17) is 11.5 Å². The predicted octanol–water partition coefficient (Wildman–Crippen LogP) is 1.07. The lowest BCUT2D eigenvalue weighted by molar-refractivity contribution is -0.119. The molecule has 1 unspecified atom stereocenters. The van der Waals surface area contributed by atoms with E-state index in [1.54, 1.807) is 6.07 Å². The number of carbonyl (C=O) groups excluding carboxylic acids is 1. The summed E-state index contributed by atoms with van der Waals surface area (Å²) < 4.78 is 13.3. The first-order valence-corrected chi connectivity index (χ1v) is 4.31. The lowest BCUT2D eigenvalue weighted by Gasteiger charge is -2.07. The fraction of sp³-hybridized carbons (Fsp3) is 0.125. The SMILES string of the molecule is NC(=O)C(N)c1ccc(Br)c(F)c1. The molecule has 0 saturated heterocycles. The highest BCUT2D eigenvalue weighted by molar-refractivity contribution is 9.10. The molecular weight excluding hydrogens is 239 g/mol. The van der Waals surface area contributed by atoms with E-state index in [0.717, 1.165) is 0 Å². The van der Waals surface area contributed by atoms with Crippen molar-refractivity contribution in [1.82, 2.24) is 0 Å². The van der Waals surface area contributed by atoms with Crippen molar-refractivity contribution in [2.24, 2.45) is 11.5 Å². The Bertz CT molecular complexity index is 343. The molecule has 0 fully saturated rings. The number of nitrogens with two attached hydrogens (primary N) is 2. The zero-order chi connectivity index (χ0) is 10.0. The Labute approximate surface area is 83.0 Å². The van der Waals surface area contributed by atoms with Crippen LogP contribution in [-0.2, 0) is 4.79 Å². The summed E-state index contributed by atoms with van der Waals surface area (Å²) in [7, 11) is 0. The summed E-state index contributed by atoms with van der Waals surface area (Å²) in [5, 5.41) is 0. The number of rotatable bonds is 2. The molecule has 70 valence electrons.